The Balaban J connectivity index is 5.27. The fourth-order valence-corrected chi connectivity index (χ4v) is 4.74. The van der Waals surface area contributed by atoms with Gasteiger partial charge in [-0.15, -0.1) is 0 Å². The fourth-order valence-electron chi connectivity index (χ4n) is 2.29. The zero-order chi connectivity index (χ0) is 16.6. The van der Waals surface area contributed by atoms with E-state index in [0.717, 1.165) is 6.54 Å². The molecule has 0 aromatic carbocycles. The van der Waals surface area contributed by atoms with Gasteiger partial charge in [0.25, 0.3) is 0 Å². The average Bonchev–Trinajstić information content (AvgIpc) is 2.33. The summed E-state index contributed by atoms with van der Waals surface area (Å²) < 4.78 is 11.1. The van der Waals surface area contributed by atoms with Crippen LogP contribution in [0.3, 0.4) is 0 Å². The minimum absolute atomic E-state index is 0.423. The van der Waals surface area contributed by atoms with Gasteiger partial charge >= 0.3 is 0 Å². The first-order valence-corrected chi connectivity index (χ1v) is 9.23. The quantitative estimate of drug-likeness (QED) is 0.435. The Morgan fingerprint density at radius 3 is 1.81 bits per heavy atom. The van der Waals surface area contributed by atoms with Crippen molar-refractivity contribution in [3.8, 4) is 6.07 Å². The van der Waals surface area contributed by atoms with Crippen LogP contribution in [0.5, 0.6) is 0 Å². The lowest BCUT2D eigenvalue weighted by Gasteiger charge is -2.44. The summed E-state index contributed by atoms with van der Waals surface area (Å²) in [6, 6.07) is 3.45. The van der Waals surface area contributed by atoms with Crippen molar-refractivity contribution >= 4 is 8.45 Å². The second kappa shape index (κ2) is 10.5. The predicted molar refractivity (Wildman–Crippen MR) is 91.9 cm³/mol. The van der Waals surface area contributed by atoms with E-state index >= 15 is 0 Å². The van der Waals surface area contributed by atoms with E-state index in [9.17, 15) is 0 Å². The Morgan fingerprint density at radius 2 is 1.48 bits per heavy atom. The van der Waals surface area contributed by atoms with Gasteiger partial charge in [0.05, 0.1) is 19.1 Å². The van der Waals surface area contributed by atoms with Gasteiger partial charge in [-0.3, -0.25) is 0 Å². The monoisotopic (exact) mass is 315 g/mol. The van der Waals surface area contributed by atoms with Crippen molar-refractivity contribution in [2.24, 2.45) is 5.92 Å². The van der Waals surface area contributed by atoms with Crippen LogP contribution in [0.2, 0.25) is 0 Å². The van der Waals surface area contributed by atoms with Crippen LogP contribution in [0.25, 0.3) is 0 Å². The molecule has 0 aliphatic carbocycles. The molecule has 0 bridgehead atoms. The molecule has 0 aliphatic heterocycles. The van der Waals surface area contributed by atoms with Gasteiger partial charge in [-0.2, -0.15) is 5.26 Å². The maximum absolute atomic E-state index is 8.78. The van der Waals surface area contributed by atoms with Gasteiger partial charge in [0.2, 0.25) is 0 Å². The molecule has 0 aliphatic rings. The third kappa shape index (κ3) is 7.56. The van der Waals surface area contributed by atoms with E-state index in [1.165, 1.54) is 0 Å². The number of rotatable bonds is 10. The molecule has 0 radical (unpaired) electrons. The van der Waals surface area contributed by atoms with E-state index in [-0.39, 0.29) is 0 Å². The fraction of sp³-hybridized carbons (Fsp3) is 0.938. The third-order valence-corrected chi connectivity index (χ3v) is 5.84. The lowest BCUT2D eigenvalue weighted by molar-refractivity contribution is 0.197. The molecule has 0 saturated heterocycles. The van der Waals surface area contributed by atoms with Crippen LogP contribution in [-0.2, 0) is 4.52 Å². The molecule has 0 heterocycles. The first kappa shape index (κ1) is 20.8. The van der Waals surface area contributed by atoms with Crippen LogP contribution in [0.4, 0.5) is 0 Å². The highest BCUT2D eigenvalue weighted by Crippen LogP contribution is 2.49. The molecular formula is C16H34N3OP. The molecule has 0 fully saturated rings. The lowest BCUT2D eigenvalue weighted by Crippen LogP contribution is -2.42. The Bertz CT molecular complexity index is 305. The standard InChI is InChI=1S/C16H34N3OP/c1-13(2)12-18(14(3)4)21(20-11-9-10-17)19(15(5)6)16(7)8/h13-16H,9,11-12H2,1-8H3. The normalized spacial score (nSPS) is 14.0. The Morgan fingerprint density at radius 1 is 0.952 bits per heavy atom. The van der Waals surface area contributed by atoms with Gasteiger partial charge in [-0.05, 0) is 47.5 Å². The molecule has 0 rings (SSSR count). The molecule has 0 spiro atoms. The summed E-state index contributed by atoms with van der Waals surface area (Å²) >= 11 is 0. The second-order valence-corrected chi connectivity index (χ2v) is 8.41. The summed E-state index contributed by atoms with van der Waals surface area (Å²) in [6.45, 7) is 19.3. The van der Waals surface area contributed by atoms with Crippen LogP contribution in [0.1, 0.15) is 61.8 Å². The van der Waals surface area contributed by atoms with Crippen molar-refractivity contribution in [3.63, 3.8) is 0 Å². The topological polar surface area (TPSA) is 39.5 Å². The third-order valence-electron chi connectivity index (χ3n) is 3.04. The van der Waals surface area contributed by atoms with Gasteiger partial charge in [-0.1, -0.05) is 13.8 Å². The van der Waals surface area contributed by atoms with Gasteiger partial charge in [-0.25, -0.2) is 9.34 Å². The number of hydrogen-bond donors (Lipinski definition) is 0. The van der Waals surface area contributed by atoms with Crippen molar-refractivity contribution < 1.29 is 4.52 Å². The Kier molecular flexibility index (Phi) is 10.4. The van der Waals surface area contributed by atoms with Crippen molar-refractivity contribution in [2.45, 2.75) is 79.9 Å². The van der Waals surface area contributed by atoms with Crippen molar-refractivity contribution in [2.75, 3.05) is 13.2 Å². The zero-order valence-electron chi connectivity index (χ0n) is 15.1. The molecule has 0 N–H and O–H groups in total. The van der Waals surface area contributed by atoms with Crippen LogP contribution >= 0.6 is 8.45 Å². The highest BCUT2D eigenvalue weighted by molar-refractivity contribution is 7.47. The van der Waals surface area contributed by atoms with E-state index < -0.39 is 8.45 Å². The molecule has 1 unspecified atom stereocenters. The molecule has 4 nitrogen and oxygen atoms in total. The van der Waals surface area contributed by atoms with Crippen LogP contribution in [0, 0.1) is 17.2 Å². The van der Waals surface area contributed by atoms with Gasteiger partial charge in [0.15, 0.2) is 8.45 Å². The molecular weight excluding hydrogens is 281 g/mol. The summed E-state index contributed by atoms with van der Waals surface area (Å²) in [5.41, 5.74) is 0. The Labute approximate surface area is 133 Å². The van der Waals surface area contributed by atoms with E-state index in [1.807, 2.05) is 0 Å². The molecule has 0 amide bonds. The van der Waals surface area contributed by atoms with Crippen LogP contribution < -0.4 is 0 Å². The minimum atomic E-state index is -0.834. The van der Waals surface area contributed by atoms with E-state index in [0.29, 0.717) is 37.1 Å². The molecule has 124 valence electrons. The van der Waals surface area contributed by atoms with Crippen molar-refractivity contribution in [1.29, 1.82) is 5.26 Å². The highest BCUT2D eigenvalue weighted by atomic mass is 31.2. The van der Waals surface area contributed by atoms with E-state index in [1.54, 1.807) is 0 Å². The zero-order valence-corrected chi connectivity index (χ0v) is 16.0. The molecule has 0 saturated carbocycles. The van der Waals surface area contributed by atoms with Crippen molar-refractivity contribution in [1.82, 2.24) is 9.34 Å². The molecule has 1 atom stereocenters. The summed E-state index contributed by atoms with van der Waals surface area (Å²) in [7, 11) is -0.834. The molecule has 5 heteroatoms. The number of hydrogen-bond acceptors (Lipinski definition) is 4. The van der Waals surface area contributed by atoms with Gasteiger partial charge < -0.3 is 4.52 Å². The predicted octanol–water partition coefficient (Wildman–Crippen LogP) is 4.63. The maximum Gasteiger partial charge on any atom is 0.188 e. The summed E-state index contributed by atoms with van der Waals surface area (Å²) in [5.74, 6) is 0.596. The SMILES string of the molecule is CC(C)CN(C(C)C)P(OCCC#N)N(C(C)C)C(C)C. The second-order valence-electron chi connectivity index (χ2n) is 6.67. The first-order chi connectivity index (χ1) is 9.72. The molecule has 21 heavy (non-hydrogen) atoms. The lowest BCUT2D eigenvalue weighted by atomic mass is 10.2. The maximum atomic E-state index is 8.78. The Hall–Kier alpha value is -0.200. The van der Waals surface area contributed by atoms with E-state index in [4.69, 9.17) is 9.79 Å². The average molecular weight is 315 g/mol. The van der Waals surface area contributed by atoms with Crippen molar-refractivity contribution in [3.05, 3.63) is 0 Å². The van der Waals surface area contributed by atoms with Gasteiger partial charge in [0, 0.05) is 24.7 Å². The highest BCUT2D eigenvalue weighted by Gasteiger charge is 2.32. The summed E-state index contributed by atoms with van der Waals surface area (Å²) in [4.78, 5) is 0. The summed E-state index contributed by atoms with van der Waals surface area (Å²) in [5, 5.41) is 8.78. The largest absolute Gasteiger partial charge is 0.330 e. The number of nitriles is 1. The number of nitrogens with zero attached hydrogens (tertiary/aromatic N) is 3. The summed E-state index contributed by atoms with van der Waals surface area (Å²) in [6.07, 6.45) is 0.455. The molecule has 0 aromatic rings. The van der Waals surface area contributed by atoms with Gasteiger partial charge in [0.1, 0.15) is 0 Å². The van der Waals surface area contributed by atoms with E-state index in [2.05, 4.69) is 70.8 Å². The first-order valence-electron chi connectivity index (χ1n) is 8.07. The smallest absolute Gasteiger partial charge is 0.188 e. The van der Waals surface area contributed by atoms with Crippen LogP contribution in [-0.4, -0.2) is 40.6 Å². The molecule has 0 aromatic heterocycles. The van der Waals surface area contributed by atoms with Crippen LogP contribution in [0.15, 0.2) is 0 Å². The minimum Gasteiger partial charge on any atom is -0.330 e.